The number of ether oxygens (including phenoxy) is 2. The highest BCUT2D eigenvalue weighted by Crippen LogP contribution is 2.50. The molecular formula is C10H20ClNO3. The molecule has 0 spiro atoms. The average molecular weight is 238 g/mol. The fourth-order valence-electron chi connectivity index (χ4n) is 1.96. The fourth-order valence-corrected chi connectivity index (χ4v) is 1.96. The summed E-state index contributed by atoms with van der Waals surface area (Å²) in [6.45, 7) is 6.46. The van der Waals surface area contributed by atoms with Crippen molar-refractivity contribution in [1.82, 2.24) is 0 Å². The van der Waals surface area contributed by atoms with E-state index in [1.165, 1.54) is 7.11 Å². The van der Waals surface area contributed by atoms with Gasteiger partial charge >= 0.3 is 5.97 Å². The molecule has 0 aromatic rings. The zero-order chi connectivity index (χ0) is 11.0. The van der Waals surface area contributed by atoms with Gasteiger partial charge in [0.05, 0.1) is 13.2 Å². The lowest BCUT2D eigenvalue weighted by Crippen LogP contribution is -2.73. The van der Waals surface area contributed by atoms with E-state index in [-0.39, 0.29) is 29.9 Å². The molecule has 0 saturated heterocycles. The van der Waals surface area contributed by atoms with Gasteiger partial charge in [-0.25, -0.2) is 0 Å². The maximum absolute atomic E-state index is 11.5. The van der Waals surface area contributed by atoms with Crippen molar-refractivity contribution < 1.29 is 14.3 Å². The Kier molecular flexibility index (Phi) is 4.58. The normalized spacial score (nSPS) is 32.5. The van der Waals surface area contributed by atoms with Crippen LogP contribution >= 0.6 is 12.4 Å². The Bertz CT molecular complexity index is 245. The van der Waals surface area contributed by atoms with Crippen molar-refractivity contribution in [2.45, 2.75) is 38.8 Å². The molecule has 15 heavy (non-hydrogen) atoms. The first-order valence-corrected chi connectivity index (χ1v) is 4.89. The molecule has 1 saturated carbocycles. The van der Waals surface area contributed by atoms with Crippen LogP contribution in [0.4, 0.5) is 0 Å². The van der Waals surface area contributed by atoms with Crippen LogP contribution in [0.5, 0.6) is 0 Å². The van der Waals surface area contributed by atoms with Crippen LogP contribution in [0, 0.1) is 5.41 Å². The molecule has 0 radical (unpaired) electrons. The minimum atomic E-state index is -0.887. The van der Waals surface area contributed by atoms with E-state index >= 15 is 0 Å². The second-order valence-corrected chi connectivity index (χ2v) is 4.33. The molecule has 0 bridgehead atoms. The van der Waals surface area contributed by atoms with Crippen molar-refractivity contribution in [2.75, 3.05) is 13.7 Å². The summed E-state index contributed by atoms with van der Waals surface area (Å²) in [6.07, 6.45) is 0.595. The van der Waals surface area contributed by atoms with Crippen LogP contribution < -0.4 is 5.73 Å². The smallest absolute Gasteiger partial charge is 0.326 e. The van der Waals surface area contributed by atoms with Crippen LogP contribution in [0.2, 0.25) is 0 Å². The maximum atomic E-state index is 11.5. The molecule has 4 nitrogen and oxygen atoms in total. The lowest BCUT2D eigenvalue weighted by molar-refractivity contribution is -0.187. The number of esters is 1. The zero-order valence-corrected chi connectivity index (χ0v) is 10.5. The van der Waals surface area contributed by atoms with Gasteiger partial charge < -0.3 is 15.2 Å². The molecule has 2 atom stereocenters. The van der Waals surface area contributed by atoms with Crippen LogP contribution in [-0.2, 0) is 14.3 Å². The standard InChI is InChI=1S/C10H19NO3.ClH/c1-5-14-7-6-10(11,8(12)13-4)9(7,2)3;/h7H,5-6,11H2,1-4H3;1H. The molecule has 1 aliphatic rings. The summed E-state index contributed by atoms with van der Waals surface area (Å²) in [5.74, 6) is -0.349. The number of halogens is 1. The second-order valence-electron chi connectivity index (χ2n) is 4.33. The molecule has 0 aliphatic heterocycles. The van der Waals surface area contributed by atoms with Gasteiger partial charge in [-0.05, 0) is 6.92 Å². The van der Waals surface area contributed by atoms with E-state index in [0.29, 0.717) is 13.0 Å². The highest BCUT2D eigenvalue weighted by Gasteiger charge is 2.63. The Balaban J connectivity index is 0.00000196. The predicted octanol–water partition coefficient (Wildman–Crippen LogP) is 1.11. The topological polar surface area (TPSA) is 61.5 Å². The summed E-state index contributed by atoms with van der Waals surface area (Å²) in [5, 5.41) is 0. The third-order valence-electron chi connectivity index (χ3n) is 3.38. The number of carbonyl (C=O) groups excluding carboxylic acids is 1. The van der Waals surface area contributed by atoms with Gasteiger partial charge in [-0.2, -0.15) is 0 Å². The summed E-state index contributed by atoms with van der Waals surface area (Å²) in [6, 6.07) is 0. The summed E-state index contributed by atoms with van der Waals surface area (Å²) >= 11 is 0. The van der Waals surface area contributed by atoms with E-state index in [9.17, 15) is 4.79 Å². The molecule has 0 aromatic heterocycles. The Morgan fingerprint density at radius 2 is 2.07 bits per heavy atom. The minimum Gasteiger partial charge on any atom is -0.468 e. The Morgan fingerprint density at radius 1 is 1.53 bits per heavy atom. The lowest BCUT2D eigenvalue weighted by Gasteiger charge is -2.56. The van der Waals surface area contributed by atoms with E-state index in [2.05, 4.69) is 0 Å². The van der Waals surface area contributed by atoms with Crippen LogP contribution in [0.15, 0.2) is 0 Å². The monoisotopic (exact) mass is 237 g/mol. The van der Waals surface area contributed by atoms with Gasteiger partial charge in [0.2, 0.25) is 0 Å². The van der Waals surface area contributed by atoms with Gasteiger partial charge in [-0.1, -0.05) is 13.8 Å². The Labute approximate surface area is 96.9 Å². The molecule has 0 heterocycles. The van der Waals surface area contributed by atoms with Gasteiger partial charge in [-0.15, -0.1) is 12.4 Å². The lowest BCUT2D eigenvalue weighted by atomic mass is 9.54. The summed E-state index contributed by atoms with van der Waals surface area (Å²) in [7, 11) is 1.36. The van der Waals surface area contributed by atoms with Crippen molar-refractivity contribution in [1.29, 1.82) is 0 Å². The molecule has 2 N–H and O–H groups in total. The van der Waals surface area contributed by atoms with Crippen LogP contribution in [0.1, 0.15) is 27.2 Å². The van der Waals surface area contributed by atoms with Gasteiger partial charge in [-0.3, -0.25) is 4.79 Å². The summed E-state index contributed by atoms with van der Waals surface area (Å²) in [5.41, 5.74) is 4.76. The predicted molar refractivity (Wildman–Crippen MR) is 60.0 cm³/mol. The zero-order valence-electron chi connectivity index (χ0n) is 9.70. The SMILES string of the molecule is CCOC1CC(N)(C(=O)OC)C1(C)C.Cl. The summed E-state index contributed by atoms with van der Waals surface area (Å²) in [4.78, 5) is 11.5. The summed E-state index contributed by atoms with van der Waals surface area (Å²) < 4.78 is 10.2. The quantitative estimate of drug-likeness (QED) is 0.748. The first-order valence-electron chi connectivity index (χ1n) is 4.89. The molecular weight excluding hydrogens is 218 g/mol. The minimum absolute atomic E-state index is 0. The van der Waals surface area contributed by atoms with E-state index in [0.717, 1.165) is 0 Å². The highest BCUT2D eigenvalue weighted by atomic mass is 35.5. The molecule has 0 amide bonds. The third-order valence-corrected chi connectivity index (χ3v) is 3.38. The first kappa shape index (κ1) is 14.7. The molecule has 1 aliphatic carbocycles. The van der Waals surface area contributed by atoms with Gasteiger partial charge in [0.1, 0.15) is 5.54 Å². The number of rotatable bonds is 3. The molecule has 1 rings (SSSR count). The molecule has 5 heteroatoms. The van der Waals surface area contributed by atoms with E-state index in [4.69, 9.17) is 15.2 Å². The Morgan fingerprint density at radius 3 is 2.40 bits per heavy atom. The third kappa shape index (κ3) is 1.98. The van der Waals surface area contributed by atoms with Crippen molar-refractivity contribution in [3.63, 3.8) is 0 Å². The van der Waals surface area contributed by atoms with Crippen molar-refractivity contribution in [3.8, 4) is 0 Å². The molecule has 0 aromatic carbocycles. The van der Waals surface area contributed by atoms with Gasteiger partial charge in [0, 0.05) is 18.4 Å². The number of hydrogen-bond donors (Lipinski definition) is 1. The number of methoxy groups -OCH3 is 1. The number of hydrogen-bond acceptors (Lipinski definition) is 4. The molecule has 1 fully saturated rings. The first-order chi connectivity index (χ1) is 6.40. The van der Waals surface area contributed by atoms with Crippen LogP contribution in [-0.4, -0.2) is 31.3 Å². The molecule has 90 valence electrons. The van der Waals surface area contributed by atoms with E-state index in [1.807, 2.05) is 20.8 Å². The Hall–Kier alpha value is -0.320. The van der Waals surface area contributed by atoms with Crippen molar-refractivity contribution in [2.24, 2.45) is 11.1 Å². The number of carbonyl (C=O) groups is 1. The van der Waals surface area contributed by atoms with Crippen molar-refractivity contribution >= 4 is 18.4 Å². The average Bonchev–Trinajstić information content (AvgIpc) is 2.16. The van der Waals surface area contributed by atoms with Gasteiger partial charge in [0.25, 0.3) is 0 Å². The van der Waals surface area contributed by atoms with Crippen LogP contribution in [0.3, 0.4) is 0 Å². The largest absolute Gasteiger partial charge is 0.468 e. The maximum Gasteiger partial charge on any atom is 0.326 e. The fraction of sp³-hybridized carbons (Fsp3) is 0.900. The number of nitrogens with two attached hydrogens (primary N) is 1. The highest BCUT2D eigenvalue weighted by molar-refractivity contribution is 5.85. The second kappa shape index (κ2) is 4.68. The van der Waals surface area contributed by atoms with Gasteiger partial charge in [0.15, 0.2) is 0 Å². The van der Waals surface area contributed by atoms with Crippen LogP contribution in [0.25, 0.3) is 0 Å². The van der Waals surface area contributed by atoms with Crippen molar-refractivity contribution in [3.05, 3.63) is 0 Å². The molecule has 2 unspecified atom stereocenters. The van der Waals surface area contributed by atoms with E-state index < -0.39 is 5.54 Å². The van der Waals surface area contributed by atoms with E-state index in [1.54, 1.807) is 0 Å².